The molecule has 1 aliphatic rings. The summed E-state index contributed by atoms with van der Waals surface area (Å²) in [6.07, 6.45) is 2.74. The van der Waals surface area contributed by atoms with Gasteiger partial charge in [-0.1, -0.05) is 37.3 Å². The summed E-state index contributed by atoms with van der Waals surface area (Å²) in [7, 11) is 0. The fraction of sp³-hybridized carbons (Fsp3) is 0.500. The molecule has 0 spiro atoms. The number of aromatic nitrogens is 3. The fourth-order valence-corrected chi connectivity index (χ4v) is 2.89. The lowest BCUT2D eigenvalue weighted by molar-refractivity contribution is 0.101. The molecular formula is C16H22N4O. The molecular weight excluding hydrogens is 264 g/mol. The zero-order valence-corrected chi connectivity index (χ0v) is 12.4. The zero-order chi connectivity index (χ0) is 14.7. The van der Waals surface area contributed by atoms with Crippen LogP contribution in [0.4, 0.5) is 0 Å². The van der Waals surface area contributed by atoms with E-state index < -0.39 is 0 Å². The Hall–Kier alpha value is -1.72. The molecule has 2 heterocycles. The van der Waals surface area contributed by atoms with Crippen molar-refractivity contribution in [2.45, 2.75) is 38.3 Å². The van der Waals surface area contributed by atoms with Crippen LogP contribution in [0, 0.1) is 0 Å². The van der Waals surface area contributed by atoms with Crippen LogP contribution in [-0.2, 0) is 0 Å². The average Bonchev–Trinajstić information content (AvgIpc) is 3.16. The third-order valence-corrected chi connectivity index (χ3v) is 4.13. The van der Waals surface area contributed by atoms with Crippen LogP contribution in [0.15, 0.2) is 30.3 Å². The molecule has 0 bridgehead atoms. The van der Waals surface area contributed by atoms with E-state index in [1.165, 1.54) is 0 Å². The lowest BCUT2D eigenvalue weighted by Gasteiger charge is -2.24. The molecule has 112 valence electrons. The SMILES string of the molecule is CC[C@@H](O)CN1CCC[C@H]1c1nc(-c2ccccc2)n[nH]1. The van der Waals surface area contributed by atoms with Gasteiger partial charge in [0.15, 0.2) is 5.82 Å². The zero-order valence-electron chi connectivity index (χ0n) is 12.4. The van der Waals surface area contributed by atoms with Gasteiger partial charge in [-0.15, -0.1) is 0 Å². The van der Waals surface area contributed by atoms with Crippen molar-refractivity contribution in [3.05, 3.63) is 36.2 Å². The second-order valence-electron chi connectivity index (χ2n) is 5.63. The van der Waals surface area contributed by atoms with Crippen molar-refractivity contribution in [1.29, 1.82) is 0 Å². The van der Waals surface area contributed by atoms with Gasteiger partial charge in [0.25, 0.3) is 0 Å². The predicted octanol–water partition coefficient (Wildman–Crippen LogP) is 2.38. The molecule has 1 aromatic carbocycles. The molecule has 2 atom stereocenters. The van der Waals surface area contributed by atoms with Gasteiger partial charge in [0.1, 0.15) is 5.82 Å². The molecule has 1 aromatic heterocycles. The number of aliphatic hydroxyl groups excluding tert-OH is 1. The van der Waals surface area contributed by atoms with Crippen LogP contribution < -0.4 is 0 Å². The van der Waals surface area contributed by atoms with E-state index >= 15 is 0 Å². The summed E-state index contributed by atoms with van der Waals surface area (Å²) < 4.78 is 0. The predicted molar refractivity (Wildman–Crippen MR) is 81.7 cm³/mol. The van der Waals surface area contributed by atoms with Crippen LogP contribution in [0.2, 0.25) is 0 Å². The maximum atomic E-state index is 9.88. The van der Waals surface area contributed by atoms with E-state index in [-0.39, 0.29) is 12.1 Å². The number of nitrogens with one attached hydrogen (secondary N) is 1. The van der Waals surface area contributed by atoms with Gasteiger partial charge in [-0.25, -0.2) is 4.98 Å². The summed E-state index contributed by atoms with van der Waals surface area (Å²) in [6.45, 7) is 3.74. The van der Waals surface area contributed by atoms with E-state index in [0.29, 0.717) is 6.54 Å². The summed E-state index contributed by atoms with van der Waals surface area (Å²) in [5.74, 6) is 1.66. The average molecular weight is 286 g/mol. The quantitative estimate of drug-likeness (QED) is 0.885. The summed E-state index contributed by atoms with van der Waals surface area (Å²) in [5, 5.41) is 17.3. The van der Waals surface area contributed by atoms with Crippen molar-refractivity contribution >= 4 is 0 Å². The first kappa shape index (κ1) is 14.2. The van der Waals surface area contributed by atoms with E-state index in [4.69, 9.17) is 0 Å². The van der Waals surface area contributed by atoms with Crippen LogP contribution in [0.5, 0.6) is 0 Å². The van der Waals surface area contributed by atoms with E-state index in [1.807, 2.05) is 37.3 Å². The Balaban J connectivity index is 1.76. The van der Waals surface area contributed by atoms with E-state index in [2.05, 4.69) is 20.1 Å². The molecule has 5 heteroatoms. The Morgan fingerprint density at radius 1 is 1.38 bits per heavy atom. The number of likely N-dealkylation sites (tertiary alicyclic amines) is 1. The molecule has 2 aromatic rings. The van der Waals surface area contributed by atoms with Crippen LogP contribution >= 0.6 is 0 Å². The van der Waals surface area contributed by atoms with Gasteiger partial charge < -0.3 is 5.11 Å². The monoisotopic (exact) mass is 286 g/mol. The largest absolute Gasteiger partial charge is 0.392 e. The van der Waals surface area contributed by atoms with Crippen molar-refractivity contribution in [3.63, 3.8) is 0 Å². The Morgan fingerprint density at radius 2 is 2.19 bits per heavy atom. The number of aliphatic hydroxyl groups is 1. The van der Waals surface area contributed by atoms with Crippen LogP contribution in [0.1, 0.15) is 38.1 Å². The topological polar surface area (TPSA) is 65.0 Å². The molecule has 0 aliphatic carbocycles. The lowest BCUT2D eigenvalue weighted by atomic mass is 10.2. The second-order valence-corrected chi connectivity index (χ2v) is 5.63. The first-order valence-corrected chi connectivity index (χ1v) is 7.67. The molecule has 3 rings (SSSR count). The van der Waals surface area contributed by atoms with Crippen LogP contribution in [0.25, 0.3) is 11.4 Å². The number of aromatic amines is 1. The Labute approximate surface area is 125 Å². The van der Waals surface area contributed by atoms with Gasteiger partial charge in [-0.3, -0.25) is 10.00 Å². The lowest BCUT2D eigenvalue weighted by Crippen LogP contribution is -2.32. The number of H-pyrrole nitrogens is 1. The van der Waals surface area contributed by atoms with E-state index in [9.17, 15) is 5.11 Å². The van der Waals surface area contributed by atoms with Crippen molar-refractivity contribution in [1.82, 2.24) is 20.1 Å². The van der Waals surface area contributed by atoms with Gasteiger partial charge in [0.2, 0.25) is 0 Å². The number of hydrogen-bond acceptors (Lipinski definition) is 4. The number of β-amino-alcohol motifs (C(OH)–C–C–N with tert-alkyl or cyclic N) is 1. The maximum Gasteiger partial charge on any atom is 0.181 e. The second kappa shape index (κ2) is 6.37. The van der Waals surface area contributed by atoms with Gasteiger partial charge in [0.05, 0.1) is 12.1 Å². The Kier molecular flexibility index (Phi) is 4.31. The minimum Gasteiger partial charge on any atom is -0.392 e. The normalized spacial score (nSPS) is 20.8. The van der Waals surface area contributed by atoms with E-state index in [0.717, 1.165) is 43.0 Å². The van der Waals surface area contributed by atoms with E-state index in [1.54, 1.807) is 0 Å². The molecule has 0 saturated carbocycles. The molecule has 1 saturated heterocycles. The van der Waals surface area contributed by atoms with Crippen LogP contribution in [-0.4, -0.2) is 44.4 Å². The van der Waals surface area contributed by atoms with Gasteiger partial charge in [-0.05, 0) is 25.8 Å². The molecule has 0 radical (unpaired) electrons. The highest BCUT2D eigenvalue weighted by Gasteiger charge is 2.29. The molecule has 2 N–H and O–H groups in total. The third kappa shape index (κ3) is 3.14. The first-order chi connectivity index (χ1) is 10.3. The summed E-state index contributed by atoms with van der Waals surface area (Å²) >= 11 is 0. The highest BCUT2D eigenvalue weighted by atomic mass is 16.3. The van der Waals surface area contributed by atoms with Crippen molar-refractivity contribution in [2.75, 3.05) is 13.1 Å². The summed E-state index contributed by atoms with van der Waals surface area (Å²) in [4.78, 5) is 6.96. The van der Waals surface area contributed by atoms with Crippen LogP contribution in [0.3, 0.4) is 0 Å². The fourth-order valence-electron chi connectivity index (χ4n) is 2.89. The molecule has 1 aliphatic heterocycles. The molecule has 0 unspecified atom stereocenters. The Morgan fingerprint density at radius 3 is 2.95 bits per heavy atom. The number of benzene rings is 1. The van der Waals surface area contributed by atoms with Gasteiger partial charge in [-0.2, -0.15) is 5.10 Å². The highest BCUT2D eigenvalue weighted by Crippen LogP contribution is 2.30. The molecule has 1 fully saturated rings. The van der Waals surface area contributed by atoms with Gasteiger partial charge >= 0.3 is 0 Å². The molecule has 0 amide bonds. The standard InChI is InChI=1S/C16H22N4O/c1-2-13(21)11-20-10-6-9-14(20)16-17-15(18-19-16)12-7-4-3-5-8-12/h3-5,7-8,13-14,21H,2,6,9-11H2,1H3,(H,17,18,19)/t13-,14+/m1/s1. The van der Waals surface area contributed by atoms with Crippen molar-refractivity contribution in [2.24, 2.45) is 0 Å². The third-order valence-electron chi connectivity index (χ3n) is 4.13. The maximum absolute atomic E-state index is 9.88. The summed E-state index contributed by atoms with van der Waals surface area (Å²) in [6, 6.07) is 10.2. The van der Waals surface area contributed by atoms with Crippen molar-refractivity contribution in [3.8, 4) is 11.4 Å². The number of hydrogen-bond donors (Lipinski definition) is 2. The highest BCUT2D eigenvalue weighted by molar-refractivity contribution is 5.53. The van der Waals surface area contributed by atoms with Gasteiger partial charge in [0, 0.05) is 12.1 Å². The minimum absolute atomic E-state index is 0.246. The first-order valence-electron chi connectivity index (χ1n) is 7.67. The van der Waals surface area contributed by atoms with Crippen molar-refractivity contribution < 1.29 is 5.11 Å². The molecule has 21 heavy (non-hydrogen) atoms. The molecule has 5 nitrogen and oxygen atoms in total. The minimum atomic E-state index is -0.262. The smallest absolute Gasteiger partial charge is 0.181 e. The number of nitrogens with zero attached hydrogens (tertiary/aromatic N) is 3. The number of rotatable bonds is 5. The summed E-state index contributed by atoms with van der Waals surface area (Å²) in [5.41, 5.74) is 1.03. The Bertz CT molecular complexity index is 569.